The van der Waals surface area contributed by atoms with Crippen LogP contribution in [0.1, 0.15) is 16.8 Å². The second-order valence-corrected chi connectivity index (χ2v) is 7.09. The third-order valence-corrected chi connectivity index (χ3v) is 5.38. The first kappa shape index (κ1) is 16.3. The molecule has 2 aromatic carbocycles. The number of amides is 1. The quantitative estimate of drug-likeness (QED) is 0.769. The van der Waals surface area contributed by atoms with Gasteiger partial charge in [0.2, 0.25) is 0 Å². The number of piperazine rings is 1. The van der Waals surface area contributed by atoms with E-state index in [1.807, 2.05) is 35.2 Å². The average Bonchev–Trinajstić information content (AvgIpc) is 3.16. The maximum absolute atomic E-state index is 12.8. The lowest BCUT2D eigenvalue weighted by Crippen LogP contribution is -2.46. The molecule has 0 atom stereocenters. The molecule has 3 heterocycles. The predicted molar refractivity (Wildman–Crippen MR) is 103 cm³/mol. The lowest BCUT2D eigenvalue weighted by molar-refractivity contribution is 0.0736. The van der Waals surface area contributed by atoms with Crippen LogP contribution >= 0.6 is 0 Å². The smallest absolute Gasteiger partial charge is 0.253 e. The fourth-order valence-electron chi connectivity index (χ4n) is 3.72. The summed E-state index contributed by atoms with van der Waals surface area (Å²) in [6, 6.07) is 11.9. The minimum Gasteiger partial charge on any atom is -0.369 e. The molecule has 2 saturated heterocycles. The molecule has 3 aromatic rings. The van der Waals surface area contributed by atoms with Crippen molar-refractivity contribution < 1.29 is 9.42 Å². The molecule has 2 aliphatic rings. The van der Waals surface area contributed by atoms with Crippen LogP contribution in [0, 0.1) is 0 Å². The van der Waals surface area contributed by atoms with Crippen molar-refractivity contribution in [2.45, 2.75) is 6.42 Å². The van der Waals surface area contributed by atoms with E-state index >= 15 is 0 Å². The third-order valence-electron chi connectivity index (χ3n) is 5.38. The van der Waals surface area contributed by atoms with Crippen LogP contribution in [0.15, 0.2) is 41.0 Å². The van der Waals surface area contributed by atoms with E-state index in [0.29, 0.717) is 0 Å². The normalized spacial score (nSPS) is 17.2. The average molecular weight is 363 g/mol. The summed E-state index contributed by atoms with van der Waals surface area (Å²) >= 11 is 0. The molecule has 1 N–H and O–H groups in total. The molecular weight excluding hydrogens is 342 g/mol. The first-order chi connectivity index (χ1) is 13.3. The Hall–Kier alpha value is -2.93. The van der Waals surface area contributed by atoms with Gasteiger partial charge < -0.3 is 15.1 Å². The van der Waals surface area contributed by atoms with Crippen molar-refractivity contribution in [3.8, 4) is 11.1 Å². The molecule has 2 aliphatic heterocycles. The topological polar surface area (TPSA) is 74.5 Å². The van der Waals surface area contributed by atoms with E-state index < -0.39 is 0 Å². The summed E-state index contributed by atoms with van der Waals surface area (Å²) in [7, 11) is 0. The second kappa shape index (κ2) is 6.66. The van der Waals surface area contributed by atoms with Crippen LogP contribution in [-0.2, 0) is 0 Å². The Bertz CT molecular complexity index is 989. The molecule has 1 amide bonds. The highest BCUT2D eigenvalue weighted by molar-refractivity contribution is 5.97. The summed E-state index contributed by atoms with van der Waals surface area (Å²) in [5.41, 5.74) is 5.34. The number of hydrogen-bond donors (Lipinski definition) is 1. The molecule has 0 aliphatic carbocycles. The molecule has 7 nitrogen and oxygen atoms in total. The predicted octanol–water partition coefficient (Wildman–Crippen LogP) is 2.15. The summed E-state index contributed by atoms with van der Waals surface area (Å²) in [5, 5.41) is 11.4. The highest BCUT2D eigenvalue weighted by Gasteiger charge is 2.22. The van der Waals surface area contributed by atoms with Crippen LogP contribution in [0.2, 0.25) is 0 Å². The van der Waals surface area contributed by atoms with Crippen molar-refractivity contribution in [3.05, 3.63) is 42.0 Å². The van der Waals surface area contributed by atoms with E-state index in [-0.39, 0.29) is 5.91 Å². The lowest BCUT2D eigenvalue weighted by atomic mass is 10.00. The van der Waals surface area contributed by atoms with Gasteiger partial charge in [0.15, 0.2) is 5.52 Å². The van der Waals surface area contributed by atoms with E-state index in [4.69, 9.17) is 4.63 Å². The summed E-state index contributed by atoms with van der Waals surface area (Å²) < 4.78 is 4.96. The van der Waals surface area contributed by atoms with Crippen molar-refractivity contribution in [3.63, 3.8) is 0 Å². The molecule has 0 bridgehead atoms. The number of hydrogen-bond acceptors (Lipinski definition) is 6. The van der Waals surface area contributed by atoms with Gasteiger partial charge in [-0.2, -0.15) is 0 Å². The number of nitrogens with one attached hydrogen (secondary N) is 1. The van der Waals surface area contributed by atoms with Crippen LogP contribution in [0.4, 0.5) is 5.69 Å². The zero-order valence-corrected chi connectivity index (χ0v) is 15.0. The van der Waals surface area contributed by atoms with Gasteiger partial charge in [0.25, 0.3) is 5.91 Å². The number of aromatic nitrogens is 2. The number of rotatable bonds is 3. The highest BCUT2D eigenvalue weighted by atomic mass is 16.6. The first-order valence-electron chi connectivity index (χ1n) is 9.41. The molecule has 2 fully saturated rings. The van der Waals surface area contributed by atoms with Crippen LogP contribution in [-0.4, -0.2) is 60.4 Å². The van der Waals surface area contributed by atoms with Crippen molar-refractivity contribution >= 4 is 22.6 Å². The van der Waals surface area contributed by atoms with Gasteiger partial charge in [0.1, 0.15) is 5.52 Å². The minimum atomic E-state index is 0.0884. The zero-order chi connectivity index (χ0) is 18.2. The summed E-state index contributed by atoms with van der Waals surface area (Å²) in [6.45, 7) is 5.23. The van der Waals surface area contributed by atoms with E-state index in [0.717, 1.165) is 72.7 Å². The summed E-state index contributed by atoms with van der Waals surface area (Å²) in [6.07, 6.45) is 1.19. The molecule has 7 heteroatoms. The Kier molecular flexibility index (Phi) is 4.01. The van der Waals surface area contributed by atoms with Crippen LogP contribution in [0.5, 0.6) is 0 Å². The molecule has 0 unspecified atom stereocenters. The minimum absolute atomic E-state index is 0.0884. The fourth-order valence-corrected chi connectivity index (χ4v) is 3.72. The standard InChI is InChI=1S/C20H21N5O2/c26-20(25-9-5-21-6-10-25)15-4-1-3-14(11-15)16-12-17-19(23-27-22-17)18(13-16)24-7-2-8-24/h1,3-4,11-13,21H,2,5-10H2. The molecule has 0 radical (unpaired) electrons. The zero-order valence-electron chi connectivity index (χ0n) is 15.0. The van der Waals surface area contributed by atoms with Gasteiger partial charge in [0.05, 0.1) is 5.69 Å². The van der Waals surface area contributed by atoms with Gasteiger partial charge in [-0.15, -0.1) is 0 Å². The third kappa shape index (κ3) is 2.94. The monoisotopic (exact) mass is 363 g/mol. The van der Waals surface area contributed by atoms with Crippen molar-refractivity contribution in [1.82, 2.24) is 20.5 Å². The Morgan fingerprint density at radius 2 is 1.85 bits per heavy atom. The maximum atomic E-state index is 12.8. The Morgan fingerprint density at radius 1 is 1.00 bits per heavy atom. The lowest BCUT2D eigenvalue weighted by Gasteiger charge is -2.33. The molecular formula is C20H21N5O2. The first-order valence-corrected chi connectivity index (χ1v) is 9.41. The Morgan fingerprint density at radius 3 is 2.63 bits per heavy atom. The second-order valence-electron chi connectivity index (χ2n) is 7.09. The van der Waals surface area contributed by atoms with E-state index in [2.05, 4.69) is 26.6 Å². The molecule has 5 rings (SSSR count). The SMILES string of the molecule is O=C(c1cccc(-c2cc(N3CCC3)c3nonc3c2)c1)N1CCNCC1. The van der Waals surface area contributed by atoms with E-state index in [9.17, 15) is 4.79 Å². The van der Waals surface area contributed by atoms with Crippen molar-refractivity contribution in [1.29, 1.82) is 0 Å². The Labute approximate surface area is 156 Å². The molecule has 27 heavy (non-hydrogen) atoms. The van der Waals surface area contributed by atoms with Crippen LogP contribution in [0.3, 0.4) is 0 Å². The van der Waals surface area contributed by atoms with E-state index in [1.54, 1.807) is 0 Å². The molecule has 0 saturated carbocycles. The van der Waals surface area contributed by atoms with Gasteiger partial charge in [-0.25, -0.2) is 4.63 Å². The van der Waals surface area contributed by atoms with Gasteiger partial charge in [0, 0.05) is 44.8 Å². The maximum Gasteiger partial charge on any atom is 0.253 e. The highest BCUT2D eigenvalue weighted by Crippen LogP contribution is 2.34. The number of fused-ring (bicyclic) bond motifs is 1. The fraction of sp³-hybridized carbons (Fsp3) is 0.350. The number of benzene rings is 2. The Balaban J connectivity index is 1.52. The van der Waals surface area contributed by atoms with Crippen LogP contribution in [0.25, 0.3) is 22.2 Å². The summed E-state index contributed by atoms with van der Waals surface area (Å²) in [5.74, 6) is 0.0884. The number of carbonyl (C=O) groups is 1. The van der Waals surface area contributed by atoms with Gasteiger partial charge >= 0.3 is 0 Å². The van der Waals surface area contributed by atoms with E-state index in [1.165, 1.54) is 6.42 Å². The largest absolute Gasteiger partial charge is 0.369 e. The number of nitrogens with zero attached hydrogens (tertiary/aromatic N) is 4. The van der Waals surface area contributed by atoms with Gasteiger partial charge in [-0.3, -0.25) is 4.79 Å². The van der Waals surface area contributed by atoms with Gasteiger partial charge in [-0.1, -0.05) is 12.1 Å². The molecule has 138 valence electrons. The number of anilines is 1. The molecule has 1 aromatic heterocycles. The molecule has 0 spiro atoms. The van der Waals surface area contributed by atoms with Crippen LogP contribution < -0.4 is 10.2 Å². The van der Waals surface area contributed by atoms with Crippen molar-refractivity contribution in [2.24, 2.45) is 0 Å². The number of carbonyl (C=O) groups excluding carboxylic acids is 1. The van der Waals surface area contributed by atoms with Crippen molar-refractivity contribution in [2.75, 3.05) is 44.2 Å². The van der Waals surface area contributed by atoms with Gasteiger partial charge in [-0.05, 0) is 52.1 Å². The summed E-state index contributed by atoms with van der Waals surface area (Å²) in [4.78, 5) is 17.0.